The summed E-state index contributed by atoms with van der Waals surface area (Å²) in [5, 5.41) is 12.1. The molecule has 0 bridgehead atoms. The van der Waals surface area contributed by atoms with E-state index in [-0.39, 0.29) is 12.5 Å². The highest BCUT2D eigenvalue weighted by Gasteiger charge is 2.41. The van der Waals surface area contributed by atoms with Crippen LogP contribution in [-0.4, -0.2) is 18.8 Å². The number of hydrogen-bond acceptors (Lipinski definition) is 3. The first-order valence-electron chi connectivity index (χ1n) is 8.84. The van der Waals surface area contributed by atoms with Crippen molar-refractivity contribution in [2.75, 3.05) is 13.7 Å². The fourth-order valence-corrected chi connectivity index (χ4v) is 3.71. The van der Waals surface area contributed by atoms with Gasteiger partial charge < -0.3 is 14.6 Å². The maximum Gasteiger partial charge on any atom is 0.237 e. The molecular formula is C23H22O3. The van der Waals surface area contributed by atoms with Gasteiger partial charge in [0.2, 0.25) is 5.79 Å². The summed E-state index contributed by atoms with van der Waals surface area (Å²) in [7, 11) is 1.66. The van der Waals surface area contributed by atoms with Crippen molar-refractivity contribution in [3.63, 3.8) is 0 Å². The molecule has 3 aromatic rings. The SMILES string of the molecule is CO[C@]1(c2ccc3ccccc3c2)C[C@@H](c2ccccc2)C=C(CO)O1. The van der Waals surface area contributed by atoms with E-state index in [1.165, 1.54) is 10.9 Å². The van der Waals surface area contributed by atoms with E-state index in [1.807, 2.05) is 42.5 Å². The summed E-state index contributed by atoms with van der Waals surface area (Å²) in [5.74, 6) is -0.268. The van der Waals surface area contributed by atoms with Gasteiger partial charge in [-0.2, -0.15) is 0 Å². The van der Waals surface area contributed by atoms with Crippen molar-refractivity contribution >= 4 is 10.8 Å². The largest absolute Gasteiger partial charge is 0.460 e. The molecule has 4 rings (SSSR count). The average Bonchev–Trinajstić information content (AvgIpc) is 2.73. The van der Waals surface area contributed by atoms with Crippen LogP contribution in [0.4, 0.5) is 0 Å². The number of aliphatic hydroxyl groups is 1. The predicted octanol–water partition coefficient (Wildman–Crippen LogP) is 4.72. The third-order valence-corrected chi connectivity index (χ3v) is 5.07. The number of aliphatic hydroxyl groups excluding tert-OH is 1. The van der Waals surface area contributed by atoms with Gasteiger partial charge in [0.15, 0.2) is 0 Å². The van der Waals surface area contributed by atoms with E-state index < -0.39 is 5.79 Å². The Balaban J connectivity index is 1.79. The van der Waals surface area contributed by atoms with Gasteiger partial charge in [-0.1, -0.05) is 66.7 Å². The molecule has 0 aromatic heterocycles. The van der Waals surface area contributed by atoms with Gasteiger partial charge in [-0.15, -0.1) is 0 Å². The lowest BCUT2D eigenvalue weighted by atomic mass is 9.85. The molecule has 0 spiro atoms. The van der Waals surface area contributed by atoms with E-state index in [1.54, 1.807) is 7.11 Å². The first kappa shape index (κ1) is 16.8. The fraction of sp³-hybridized carbons (Fsp3) is 0.217. The van der Waals surface area contributed by atoms with E-state index in [2.05, 4.69) is 36.4 Å². The van der Waals surface area contributed by atoms with Crippen molar-refractivity contribution in [3.8, 4) is 0 Å². The molecule has 0 amide bonds. The highest BCUT2D eigenvalue weighted by atomic mass is 16.7. The van der Waals surface area contributed by atoms with Gasteiger partial charge in [-0.3, -0.25) is 0 Å². The summed E-state index contributed by atoms with van der Waals surface area (Å²) in [6.07, 6.45) is 2.64. The molecule has 1 aliphatic heterocycles. The van der Waals surface area contributed by atoms with Crippen molar-refractivity contribution in [2.45, 2.75) is 18.1 Å². The van der Waals surface area contributed by atoms with Crippen LogP contribution in [0.15, 0.2) is 84.6 Å². The zero-order valence-corrected chi connectivity index (χ0v) is 14.8. The summed E-state index contributed by atoms with van der Waals surface area (Å²) < 4.78 is 12.1. The molecule has 1 aliphatic rings. The molecular weight excluding hydrogens is 324 g/mol. The van der Waals surface area contributed by atoms with Gasteiger partial charge in [-0.25, -0.2) is 0 Å². The Labute approximate surface area is 153 Å². The van der Waals surface area contributed by atoms with Crippen LogP contribution in [0.1, 0.15) is 23.5 Å². The average molecular weight is 346 g/mol. The second kappa shape index (κ2) is 6.94. The maximum atomic E-state index is 9.75. The summed E-state index contributed by atoms with van der Waals surface area (Å²) in [6, 6.07) is 24.7. The summed E-state index contributed by atoms with van der Waals surface area (Å²) in [6.45, 7) is -0.151. The zero-order valence-electron chi connectivity index (χ0n) is 14.8. The van der Waals surface area contributed by atoms with E-state index in [4.69, 9.17) is 9.47 Å². The van der Waals surface area contributed by atoms with Crippen molar-refractivity contribution in [1.82, 2.24) is 0 Å². The maximum absolute atomic E-state index is 9.75. The Kier molecular flexibility index (Phi) is 4.49. The van der Waals surface area contributed by atoms with Crippen LogP contribution in [-0.2, 0) is 15.3 Å². The van der Waals surface area contributed by atoms with E-state index in [0.717, 1.165) is 10.9 Å². The Morgan fingerprint density at radius 2 is 1.73 bits per heavy atom. The van der Waals surface area contributed by atoms with Crippen LogP contribution in [0.3, 0.4) is 0 Å². The minimum atomic E-state index is -0.919. The topological polar surface area (TPSA) is 38.7 Å². The quantitative estimate of drug-likeness (QED) is 0.743. The number of methoxy groups -OCH3 is 1. The smallest absolute Gasteiger partial charge is 0.237 e. The molecule has 3 heteroatoms. The Hall–Kier alpha value is -2.62. The van der Waals surface area contributed by atoms with E-state index in [0.29, 0.717) is 12.2 Å². The molecule has 0 radical (unpaired) electrons. The molecule has 132 valence electrons. The zero-order chi connectivity index (χ0) is 18.0. The number of hydrogen-bond donors (Lipinski definition) is 1. The summed E-state index contributed by atoms with van der Waals surface area (Å²) >= 11 is 0. The Morgan fingerprint density at radius 3 is 2.46 bits per heavy atom. The van der Waals surface area contributed by atoms with E-state index in [9.17, 15) is 5.11 Å². The molecule has 1 heterocycles. The first-order valence-corrected chi connectivity index (χ1v) is 8.84. The van der Waals surface area contributed by atoms with Crippen LogP contribution in [0.25, 0.3) is 10.8 Å². The number of rotatable bonds is 4. The lowest BCUT2D eigenvalue weighted by Crippen LogP contribution is -2.37. The molecule has 0 unspecified atom stereocenters. The molecule has 0 saturated carbocycles. The highest BCUT2D eigenvalue weighted by Crippen LogP contribution is 2.44. The number of fused-ring (bicyclic) bond motifs is 1. The minimum Gasteiger partial charge on any atom is -0.460 e. The summed E-state index contributed by atoms with van der Waals surface area (Å²) in [5.41, 5.74) is 2.14. The monoisotopic (exact) mass is 346 g/mol. The first-order chi connectivity index (χ1) is 12.7. The molecule has 2 atom stereocenters. The second-order valence-corrected chi connectivity index (χ2v) is 6.63. The molecule has 3 nitrogen and oxygen atoms in total. The number of allylic oxidation sites excluding steroid dienone is 1. The Morgan fingerprint density at radius 1 is 1.00 bits per heavy atom. The van der Waals surface area contributed by atoms with Gasteiger partial charge in [-0.05, 0) is 28.5 Å². The minimum absolute atomic E-state index is 0.110. The lowest BCUT2D eigenvalue weighted by Gasteiger charge is -2.40. The molecule has 0 aliphatic carbocycles. The van der Waals surface area contributed by atoms with Crippen molar-refractivity contribution in [3.05, 3.63) is 95.8 Å². The van der Waals surface area contributed by atoms with Crippen molar-refractivity contribution < 1.29 is 14.6 Å². The van der Waals surface area contributed by atoms with Crippen molar-refractivity contribution in [1.29, 1.82) is 0 Å². The molecule has 26 heavy (non-hydrogen) atoms. The van der Waals surface area contributed by atoms with Gasteiger partial charge in [0, 0.05) is 25.0 Å². The third-order valence-electron chi connectivity index (χ3n) is 5.07. The fourth-order valence-electron chi connectivity index (χ4n) is 3.71. The predicted molar refractivity (Wildman–Crippen MR) is 103 cm³/mol. The van der Waals surface area contributed by atoms with Gasteiger partial charge in [0.1, 0.15) is 12.4 Å². The number of benzene rings is 3. The van der Waals surface area contributed by atoms with Crippen LogP contribution in [0, 0.1) is 0 Å². The molecule has 0 fully saturated rings. The van der Waals surface area contributed by atoms with Gasteiger partial charge in [0.25, 0.3) is 0 Å². The molecule has 0 saturated heterocycles. The van der Waals surface area contributed by atoms with E-state index >= 15 is 0 Å². The second-order valence-electron chi connectivity index (χ2n) is 6.63. The van der Waals surface area contributed by atoms with Crippen LogP contribution < -0.4 is 0 Å². The summed E-state index contributed by atoms with van der Waals surface area (Å²) in [4.78, 5) is 0. The van der Waals surface area contributed by atoms with Gasteiger partial charge in [0.05, 0.1) is 0 Å². The van der Waals surface area contributed by atoms with Crippen LogP contribution in [0.2, 0.25) is 0 Å². The lowest BCUT2D eigenvalue weighted by molar-refractivity contribution is -0.224. The normalized spacial score (nSPS) is 22.7. The van der Waals surface area contributed by atoms with Crippen LogP contribution >= 0.6 is 0 Å². The Bertz CT molecular complexity index is 932. The third kappa shape index (κ3) is 3.00. The highest BCUT2D eigenvalue weighted by molar-refractivity contribution is 5.83. The number of ether oxygens (including phenoxy) is 2. The molecule has 3 aromatic carbocycles. The van der Waals surface area contributed by atoms with Gasteiger partial charge >= 0.3 is 0 Å². The standard InChI is InChI=1S/C23H22O3/c1-25-23(21-12-11-18-9-5-6-10-19(18)13-21)15-20(14-22(16-24)26-23)17-7-3-2-4-8-17/h2-14,20,24H,15-16H2,1H3/t20-,23+/m0/s1. The molecule has 1 N–H and O–H groups in total. The van der Waals surface area contributed by atoms with Crippen molar-refractivity contribution in [2.24, 2.45) is 0 Å². The van der Waals surface area contributed by atoms with Crippen LogP contribution in [0.5, 0.6) is 0 Å².